The molecule has 0 spiro atoms. The van der Waals surface area contributed by atoms with Crippen molar-refractivity contribution in [3.05, 3.63) is 71.3 Å². The predicted molar refractivity (Wildman–Crippen MR) is 106 cm³/mol. The van der Waals surface area contributed by atoms with E-state index in [0.29, 0.717) is 17.5 Å². The topological polar surface area (TPSA) is 52.6 Å². The van der Waals surface area contributed by atoms with Crippen LogP contribution in [-0.2, 0) is 15.9 Å². The Kier molecular flexibility index (Phi) is 8.05. The molecule has 2 unspecified atom stereocenters. The molecule has 2 atom stereocenters. The summed E-state index contributed by atoms with van der Waals surface area (Å²) < 4.78 is 10.9. The number of ether oxygens (including phenoxy) is 2. The molecule has 2 aromatic carbocycles. The van der Waals surface area contributed by atoms with Gasteiger partial charge in [-0.15, -0.1) is 0 Å². The molecule has 0 amide bonds. The van der Waals surface area contributed by atoms with Crippen LogP contribution in [0.25, 0.3) is 0 Å². The second-order valence-corrected chi connectivity index (χ2v) is 6.83. The summed E-state index contributed by atoms with van der Waals surface area (Å²) in [6, 6.07) is 16.4. The second-order valence-electron chi connectivity index (χ2n) is 6.83. The molecule has 2 aromatic rings. The van der Waals surface area contributed by atoms with Gasteiger partial charge in [0.05, 0.1) is 11.1 Å². The summed E-state index contributed by atoms with van der Waals surface area (Å²) in [5.74, 6) is -0.726. The SMILES string of the molecule is CCCCc1ccc(C(=O)OC(C)CC(C)OC(=O)c2ccccc2)cc1. The predicted octanol–water partition coefficient (Wildman–Crippen LogP) is 5.21. The summed E-state index contributed by atoms with van der Waals surface area (Å²) in [6.45, 7) is 5.76. The third-order valence-electron chi connectivity index (χ3n) is 4.30. The Morgan fingerprint density at radius 2 is 1.33 bits per heavy atom. The largest absolute Gasteiger partial charge is 0.459 e. The van der Waals surface area contributed by atoms with Crippen molar-refractivity contribution in [2.45, 2.75) is 58.7 Å². The highest BCUT2D eigenvalue weighted by Crippen LogP contribution is 2.13. The molecule has 0 saturated carbocycles. The van der Waals surface area contributed by atoms with Gasteiger partial charge in [-0.3, -0.25) is 0 Å². The van der Waals surface area contributed by atoms with Gasteiger partial charge in [-0.25, -0.2) is 9.59 Å². The lowest BCUT2D eigenvalue weighted by atomic mass is 10.1. The van der Waals surface area contributed by atoms with Crippen LogP contribution < -0.4 is 0 Å². The molecule has 0 aliphatic heterocycles. The first-order valence-corrected chi connectivity index (χ1v) is 9.55. The fourth-order valence-electron chi connectivity index (χ4n) is 2.83. The molecule has 0 aliphatic carbocycles. The number of hydrogen-bond donors (Lipinski definition) is 0. The molecule has 0 heterocycles. The summed E-state index contributed by atoms with van der Waals surface area (Å²) in [6.07, 6.45) is 3.05. The summed E-state index contributed by atoms with van der Waals surface area (Å²) in [7, 11) is 0. The van der Waals surface area contributed by atoms with Gasteiger partial charge in [-0.1, -0.05) is 43.7 Å². The highest BCUT2D eigenvalue weighted by molar-refractivity contribution is 5.90. The Morgan fingerprint density at radius 3 is 1.85 bits per heavy atom. The van der Waals surface area contributed by atoms with E-state index in [1.807, 2.05) is 18.2 Å². The average Bonchev–Trinajstić information content (AvgIpc) is 2.67. The van der Waals surface area contributed by atoms with E-state index in [9.17, 15) is 9.59 Å². The maximum atomic E-state index is 12.3. The van der Waals surface area contributed by atoms with Crippen LogP contribution in [0.3, 0.4) is 0 Å². The smallest absolute Gasteiger partial charge is 0.338 e. The van der Waals surface area contributed by atoms with Crippen LogP contribution in [0.2, 0.25) is 0 Å². The van der Waals surface area contributed by atoms with Crippen molar-refractivity contribution in [1.29, 1.82) is 0 Å². The number of rotatable bonds is 9. The highest BCUT2D eigenvalue weighted by Gasteiger charge is 2.18. The minimum absolute atomic E-state index is 0.350. The number of carbonyl (C=O) groups excluding carboxylic acids is 2. The van der Waals surface area contributed by atoms with Gasteiger partial charge < -0.3 is 9.47 Å². The first-order chi connectivity index (χ1) is 13.0. The van der Waals surface area contributed by atoms with Crippen LogP contribution in [0.4, 0.5) is 0 Å². The van der Waals surface area contributed by atoms with Gasteiger partial charge in [-0.05, 0) is 56.5 Å². The minimum Gasteiger partial charge on any atom is -0.459 e. The van der Waals surface area contributed by atoms with Gasteiger partial charge in [0, 0.05) is 6.42 Å². The molecule has 0 aromatic heterocycles. The molecule has 0 bridgehead atoms. The molecule has 2 rings (SSSR count). The number of hydrogen-bond acceptors (Lipinski definition) is 4. The second kappa shape index (κ2) is 10.5. The van der Waals surface area contributed by atoms with Gasteiger partial charge in [0.25, 0.3) is 0 Å². The lowest BCUT2D eigenvalue weighted by Gasteiger charge is -2.18. The molecule has 4 heteroatoms. The number of carbonyl (C=O) groups is 2. The van der Waals surface area contributed by atoms with Crippen LogP contribution >= 0.6 is 0 Å². The summed E-state index contributed by atoms with van der Waals surface area (Å²) >= 11 is 0. The minimum atomic E-state index is -0.371. The van der Waals surface area contributed by atoms with Crippen molar-refractivity contribution >= 4 is 11.9 Å². The quantitative estimate of drug-likeness (QED) is 0.570. The Bertz CT molecular complexity index is 722. The van der Waals surface area contributed by atoms with E-state index in [2.05, 4.69) is 6.92 Å². The van der Waals surface area contributed by atoms with Gasteiger partial charge in [-0.2, -0.15) is 0 Å². The molecular formula is C23H28O4. The average molecular weight is 368 g/mol. The van der Waals surface area contributed by atoms with Gasteiger partial charge >= 0.3 is 11.9 Å². The number of benzene rings is 2. The van der Waals surface area contributed by atoms with E-state index >= 15 is 0 Å². The zero-order valence-electron chi connectivity index (χ0n) is 16.3. The number of unbranched alkanes of at least 4 members (excludes halogenated alkanes) is 1. The highest BCUT2D eigenvalue weighted by atomic mass is 16.6. The van der Waals surface area contributed by atoms with Crippen molar-refractivity contribution in [3.8, 4) is 0 Å². The van der Waals surface area contributed by atoms with Gasteiger partial charge in [0.15, 0.2) is 0 Å². The fourth-order valence-corrected chi connectivity index (χ4v) is 2.83. The molecule has 4 nitrogen and oxygen atoms in total. The summed E-state index contributed by atoms with van der Waals surface area (Å²) in [5.41, 5.74) is 2.27. The Labute approximate surface area is 161 Å². The fraction of sp³-hybridized carbons (Fsp3) is 0.391. The van der Waals surface area contributed by atoms with Crippen molar-refractivity contribution in [1.82, 2.24) is 0 Å². The van der Waals surface area contributed by atoms with Crippen LogP contribution in [0.1, 0.15) is 66.3 Å². The molecule has 0 saturated heterocycles. The Balaban J connectivity index is 1.80. The van der Waals surface area contributed by atoms with Crippen molar-refractivity contribution in [3.63, 3.8) is 0 Å². The van der Waals surface area contributed by atoms with E-state index in [1.54, 1.807) is 50.2 Å². The first kappa shape index (κ1) is 20.7. The Morgan fingerprint density at radius 1 is 0.815 bits per heavy atom. The zero-order valence-corrected chi connectivity index (χ0v) is 16.3. The molecule has 0 radical (unpaired) electrons. The van der Waals surface area contributed by atoms with Crippen molar-refractivity contribution in [2.24, 2.45) is 0 Å². The van der Waals surface area contributed by atoms with E-state index in [-0.39, 0.29) is 24.1 Å². The standard InChI is InChI=1S/C23H28O4/c1-4-5-9-19-12-14-21(15-13-19)23(25)27-18(3)16-17(2)26-22(24)20-10-7-6-8-11-20/h6-8,10-15,17-18H,4-5,9,16H2,1-3H3. The monoisotopic (exact) mass is 368 g/mol. The number of aryl methyl sites for hydroxylation is 1. The third-order valence-corrected chi connectivity index (χ3v) is 4.30. The van der Waals surface area contributed by atoms with E-state index in [0.717, 1.165) is 19.3 Å². The van der Waals surface area contributed by atoms with Gasteiger partial charge in [0.1, 0.15) is 12.2 Å². The van der Waals surface area contributed by atoms with Crippen LogP contribution in [0, 0.1) is 0 Å². The maximum Gasteiger partial charge on any atom is 0.338 e. The normalized spacial score (nSPS) is 12.9. The van der Waals surface area contributed by atoms with E-state index < -0.39 is 0 Å². The van der Waals surface area contributed by atoms with E-state index in [1.165, 1.54) is 5.56 Å². The van der Waals surface area contributed by atoms with Crippen LogP contribution in [-0.4, -0.2) is 24.1 Å². The van der Waals surface area contributed by atoms with Crippen LogP contribution in [0.15, 0.2) is 54.6 Å². The van der Waals surface area contributed by atoms with E-state index in [4.69, 9.17) is 9.47 Å². The summed E-state index contributed by atoms with van der Waals surface area (Å²) in [4.78, 5) is 24.3. The van der Waals surface area contributed by atoms with Crippen molar-refractivity contribution < 1.29 is 19.1 Å². The third kappa shape index (κ3) is 6.89. The van der Waals surface area contributed by atoms with Gasteiger partial charge in [0.2, 0.25) is 0 Å². The molecular weight excluding hydrogens is 340 g/mol. The molecule has 144 valence electrons. The van der Waals surface area contributed by atoms with Crippen molar-refractivity contribution in [2.75, 3.05) is 0 Å². The Hall–Kier alpha value is -2.62. The number of esters is 2. The molecule has 27 heavy (non-hydrogen) atoms. The molecule has 0 N–H and O–H groups in total. The molecule has 0 fully saturated rings. The maximum absolute atomic E-state index is 12.3. The first-order valence-electron chi connectivity index (χ1n) is 9.55. The summed E-state index contributed by atoms with van der Waals surface area (Å²) in [5, 5.41) is 0. The molecule has 0 aliphatic rings. The van der Waals surface area contributed by atoms with Crippen LogP contribution in [0.5, 0.6) is 0 Å². The zero-order chi connectivity index (χ0) is 19.6. The lowest BCUT2D eigenvalue weighted by molar-refractivity contribution is 0.00764. The lowest BCUT2D eigenvalue weighted by Crippen LogP contribution is -2.23.